The minimum absolute atomic E-state index is 0.120. The zero-order valence-electron chi connectivity index (χ0n) is 14.9. The summed E-state index contributed by atoms with van der Waals surface area (Å²) in [7, 11) is 0. The first kappa shape index (κ1) is 16.3. The van der Waals surface area contributed by atoms with Gasteiger partial charge in [-0.05, 0) is 54.8 Å². The highest BCUT2D eigenvalue weighted by Gasteiger charge is 2.34. The Kier molecular flexibility index (Phi) is 4.16. The van der Waals surface area contributed by atoms with Crippen molar-refractivity contribution in [2.24, 2.45) is 0 Å². The van der Waals surface area contributed by atoms with Crippen LogP contribution in [0.4, 0.5) is 10.5 Å². The second-order valence-electron chi connectivity index (χ2n) is 6.70. The fourth-order valence-corrected chi connectivity index (χ4v) is 3.62. The molecule has 3 heterocycles. The molecular weight excluding hydrogens is 326 g/mol. The molecule has 1 aliphatic heterocycles. The molecule has 0 spiro atoms. The fraction of sp³-hybridized carbons (Fsp3) is 0.250. The van der Waals surface area contributed by atoms with Crippen molar-refractivity contribution in [2.45, 2.75) is 26.3 Å². The standard InChI is InChI=1S/C20H21N5O/c1-13-9-14(2)11-16(10-13)24-20(26)25-8-5-17-18(23-12-22-17)19(25)15-3-6-21-7-4-15/h3-4,6-7,9-12,19H,5,8H2,1-2H3,(H,22,23)(H,24,26)/t19-/m0/s1. The molecule has 2 aromatic heterocycles. The highest BCUT2D eigenvalue weighted by Crippen LogP contribution is 2.33. The Morgan fingerprint density at radius 1 is 1.19 bits per heavy atom. The molecule has 6 nitrogen and oxygen atoms in total. The highest BCUT2D eigenvalue weighted by molar-refractivity contribution is 5.90. The van der Waals surface area contributed by atoms with Gasteiger partial charge in [0.05, 0.1) is 12.0 Å². The van der Waals surface area contributed by atoms with Crippen LogP contribution in [-0.4, -0.2) is 32.4 Å². The third-order valence-corrected chi connectivity index (χ3v) is 4.68. The number of hydrogen-bond acceptors (Lipinski definition) is 3. The molecule has 132 valence electrons. The molecule has 1 aromatic carbocycles. The van der Waals surface area contributed by atoms with E-state index >= 15 is 0 Å². The van der Waals surface area contributed by atoms with E-state index in [-0.39, 0.29) is 12.1 Å². The normalized spacial score (nSPS) is 16.2. The number of nitrogens with zero attached hydrogens (tertiary/aromatic N) is 3. The van der Waals surface area contributed by atoms with Gasteiger partial charge in [0, 0.05) is 36.7 Å². The molecule has 0 aliphatic carbocycles. The van der Waals surface area contributed by atoms with E-state index in [1.54, 1.807) is 18.7 Å². The van der Waals surface area contributed by atoms with E-state index in [0.29, 0.717) is 6.54 Å². The van der Waals surface area contributed by atoms with Gasteiger partial charge in [0.1, 0.15) is 6.04 Å². The van der Waals surface area contributed by atoms with Crippen LogP contribution < -0.4 is 5.32 Å². The van der Waals surface area contributed by atoms with E-state index < -0.39 is 0 Å². The number of carbonyl (C=O) groups excluding carboxylic acids is 1. The van der Waals surface area contributed by atoms with Gasteiger partial charge in [-0.3, -0.25) is 4.98 Å². The van der Waals surface area contributed by atoms with Crippen LogP contribution in [0.5, 0.6) is 0 Å². The summed E-state index contributed by atoms with van der Waals surface area (Å²) >= 11 is 0. The van der Waals surface area contributed by atoms with Crippen molar-refractivity contribution < 1.29 is 4.79 Å². The first-order valence-corrected chi connectivity index (χ1v) is 8.70. The summed E-state index contributed by atoms with van der Waals surface area (Å²) in [4.78, 5) is 26.7. The number of aromatic nitrogens is 3. The third kappa shape index (κ3) is 3.06. The Balaban J connectivity index is 1.67. The zero-order valence-corrected chi connectivity index (χ0v) is 14.9. The van der Waals surface area contributed by atoms with E-state index in [4.69, 9.17) is 0 Å². The van der Waals surface area contributed by atoms with Gasteiger partial charge in [-0.2, -0.15) is 0 Å². The number of carbonyl (C=O) groups is 1. The number of fused-ring (bicyclic) bond motifs is 1. The molecule has 2 N–H and O–H groups in total. The molecule has 2 amide bonds. The largest absolute Gasteiger partial charge is 0.348 e. The Labute approximate surface area is 152 Å². The molecule has 0 saturated carbocycles. The van der Waals surface area contributed by atoms with Crippen molar-refractivity contribution in [3.8, 4) is 0 Å². The first-order chi connectivity index (χ1) is 12.6. The van der Waals surface area contributed by atoms with Crippen LogP contribution in [0.3, 0.4) is 0 Å². The molecule has 26 heavy (non-hydrogen) atoms. The minimum atomic E-state index is -0.223. The summed E-state index contributed by atoms with van der Waals surface area (Å²) in [6.45, 7) is 4.68. The van der Waals surface area contributed by atoms with Gasteiger partial charge in [0.25, 0.3) is 0 Å². The number of imidazole rings is 1. The number of nitrogens with one attached hydrogen (secondary N) is 2. The van der Waals surface area contributed by atoms with Crippen LogP contribution in [0, 0.1) is 13.8 Å². The number of H-pyrrole nitrogens is 1. The molecule has 0 unspecified atom stereocenters. The number of benzene rings is 1. The highest BCUT2D eigenvalue weighted by atomic mass is 16.2. The molecule has 6 heteroatoms. The summed E-state index contributed by atoms with van der Waals surface area (Å²) in [5.74, 6) is 0. The van der Waals surface area contributed by atoms with E-state index in [1.165, 1.54) is 0 Å². The molecule has 0 fully saturated rings. The lowest BCUT2D eigenvalue weighted by Gasteiger charge is -2.35. The van der Waals surface area contributed by atoms with Gasteiger partial charge < -0.3 is 15.2 Å². The predicted molar refractivity (Wildman–Crippen MR) is 100 cm³/mol. The van der Waals surface area contributed by atoms with Gasteiger partial charge in [0.2, 0.25) is 0 Å². The van der Waals surface area contributed by atoms with E-state index in [2.05, 4.69) is 26.3 Å². The van der Waals surface area contributed by atoms with Crippen molar-refractivity contribution in [3.63, 3.8) is 0 Å². The number of hydrogen-bond donors (Lipinski definition) is 2. The van der Waals surface area contributed by atoms with Gasteiger partial charge in [0.15, 0.2) is 0 Å². The monoisotopic (exact) mass is 347 g/mol. The number of aromatic amines is 1. The van der Waals surface area contributed by atoms with Crippen LogP contribution >= 0.6 is 0 Å². The SMILES string of the molecule is Cc1cc(C)cc(NC(=O)N2CCc3[nH]cnc3[C@@H]2c2ccncc2)c1. The van der Waals surface area contributed by atoms with Gasteiger partial charge in [-0.1, -0.05) is 6.07 Å². The lowest BCUT2D eigenvalue weighted by molar-refractivity contribution is 0.192. The van der Waals surface area contributed by atoms with Crippen LogP contribution in [0.2, 0.25) is 0 Å². The van der Waals surface area contributed by atoms with Gasteiger partial charge in [-0.25, -0.2) is 9.78 Å². The minimum Gasteiger partial charge on any atom is -0.348 e. The number of aryl methyl sites for hydroxylation is 2. The maximum absolute atomic E-state index is 13.1. The molecule has 1 aliphatic rings. The molecule has 4 rings (SSSR count). The number of amides is 2. The maximum Gasteiger partial charge on any atom is 0.322 e. The van der Waals surface area contributed by atoms with Crippen LogP contribution in [0.25, 0.3) is 0 Å². The number of urea groups is 1. The van der Waals surface area contributed by atoms with Crippen molar-refractivity contribution in [1.82, 2.24) is 19.9 Å². The Hall–Kier alpha value is -3.15. The summed E-state index contributed by atoms with van der Waals surface area (Å²) in [5.41, 5.74) is 6.05. The number of anilines is 1. The first-order valence-electron chi connectivity index (χ1n) is 8.70. The van der Waals surface area contributed by atoms with Crippen molar-refractivity contribution in [3.05, 3.63) is 77.1 Å². The number of pyridine rings is 1. The Morgan fingerprint density at radius 2 is 1.92 bits per heavy atom. The van der Waals surface area contributed by atoms with Crippen molar-refractivity contribution in [2.75, 3.05) is 11.9 Å². The smallest absolute Gasteiger partial charge is 0.322 e. The summed E-state index contributed by atoms with van der Waals surface area (Å²) in [6.07, 6.45) is 5.95. The topological polar surface area (TPSA) is 73.9 Å². The second kappa shape index (κ2) is 6.63. The Bertz CT molecular complexity index is 914. The summed E-state index contributed by atoms with van der Waals surface area (Å²) in [6, 6.07) is 9.58. The van der Waals surface area contributed by atoms with Gasteiger partial charge in [-0.15, -0.1) is 0 Å². The quantitative estimate of drug-likeness (QED) is 0.744. The average molecular weight is 347 g/mol. The molecule has 3 aromatic rings. The third-order valence-electron chi connectivity index (χ3n) is 4.68. The zero-order chi connectivity index (χ0) is 18.1. The Morgan fingerprint density at radius 3 is 2.65 bits per heavy atom. The molecule has 1 atom stereocenters. The van der Waals surface area contributed by atoms with Gasteiger partial charge >= 0.3 is 6.03 Å². The maximum atomic E-state index is 13.1. The van der Waals surface area contributed by atoms with Crippen LogP contribution in [0.1, 0.15) is 34.1 Å². The lowest BCUT2D eigenvalue weighted by atomic mass is 9.97. The van der Waals surface area contributed by atoms with E-state index in [0.717, 1.165) is 40.2 Å². The van der Waals surface area contributed by atoms with E-state index in [1.807, 2.05) is 43.0 Å². The average Bonchev–Trinajstić information content (AvgIpc) is 3.09. The fourth-order valence-electron chi connectivity index (χ4n) is 3.62. The number of rotatable bonds is 2. The molecule has 0 bridgehead atoms. The second-order valence-corrected chi connectivity index (χ2v) is 6.70. The lowest BCUT2D eigenvalue weighted by Crippen LogP contribution is -2.43. The molecule has 0 radical (unpaired) electrons. The van der Waals surface area contributed by atoms with Crippen molar-refractivity contribution in [1.29, 1.82) is 0 Å². The van der Waals surface area contributed by atoms with Crippen LogP contribution in [-0.2, 0) is 6.42 Å². The predicted octanol–water partition coefficient (Wildman–Crippen LogP) is 3.60. The summed E-state index contributed by atoms with van der Waals surface area (Å²) < 4.78 is 0. The van der Waals surface area contributed by atoms with E-state index in [9.17, 15) is 4.79 Å². The van der Waals surface area contributed by atoms with Crippen molar-refractivity contribution >= 4 is 11.7 Å². The molecular formula is C20H21N5O. The molecule has 0 saturated heterocycles. The summed E-state index contributed by atoms with van der Waals surface area (Å²) in [5, 5.41) is 3.05. The van der Waals surface area contributed by atoms with Crippen LogP contribution in [0.15, 0.2) is 49.1 Å².